The fourth-order valence-electron chi connectivity index (χ4n) is 5.90. The molecule has 1 aromatic heterocycles. The number of aromatic nitrogens is 1. The van der Waals surface area contributed by atoms with Crippen molar-refractivity contribution in [3.63, 3.8) is 0 Å². The lowest BCUT2D eigenvalue weighted by Gasteiger charge is -2.31. The molecule has 6 rings (SSSR count). The molecular weight excluding hydrogens is 658 g/mol. The minimum absolute atomic E-state index is 0.105. The average molecular weight is 690 g/mol. The summed E-state index contributed by atoms with van der Waals surface area (Å²) < 4.78 is 6.45. The molecule has 3 heterocycles. The maximum absolute atomic E-state index is 14.2. The topological polar surface area (TPSA) is 115 Å². The van der Waals surface area contributed by atoms with Gasteiger partial charge >= 0.3 is 10.8 Å². The van der Waals surface area contributed by atoms with Crippen LogP contribution in [0, 0.1) is 5.92 Å². The van der Waals surface area contributed by atoms with E-state index in [1.54, 1.807) is 43.3 Å². The lowest BCUT2D eigenvalue weighted by Crippen LogP contribution is -2.33. The smallest absolute Gasteiger partial charge is 0.338 e. The molecule has 2 aliphatic heterocycles. The van der Waals surface area contributed by atoms with E-state index >= 15 is 0 Å². The van der Waals surface area contributed by atoms with Crippen LogP contribution in [0.4, 0.5) is 11.4 Å². The highest BCUT2D eigenvalue weighted by atomic mass is 35.5. The first-order valence-electron chi connectivity index (χ1n) is 15.1. The third kappa shape index (κ3) is 6.27. The van der Waals surface area contributed by atoms with Gasteiger partial charge in [0.15, 0.2) is 0 Å². The molecule has 1 N–H and O–H groups in total. The van der Waals surface area contributed by atoms with Gasteiger partial charge in [-0.25, -0.2) is 9.69 Å². The van der Waals surface area contributed by atoms with E-state index in [-0.39, 0.29) is 29.3 Å². The molecule has 0 bridgehead atoms. The number of rotatable bonds is 7. The highest BCUT2D eigenvalue weighted by Crippen LogP contribution is 2.54. The number of carbonyl (C=O) groups excluding carboxylic acids is 4. The van der Waals surface area contributed by atoms with Crippen LogP contribution in [0.5, 0.6) is 0 Å². The first-order chi connectivity index (χ1) is 22.4. The number of imide groups is 1. The van der Waals surface area contributed by atoms with Gasteiger partial charge in [0, 0.05) is 21.5 Å². The standard InChI is InChI=1S/C35H32ClN3O6S2/c1-5-45-33(43)20-8-16-24(17-9-20)39-30(41)27-26(19-6-10-21(11-7-19)35(2,3)4)29-32(46-28(27)31(39)42)38(34(44)47-29)18-25(40)37-23-14-12-22(36)13-15-23/h6-17,26-28H,5,18H2,1-4H3,(H,37,40)/t26-,27?,28?/m1/s1. The lowest BCUT2D eigenvalue weighted by atomic mass is 9.81. The average Bonchev–Trinajstić information content (AvgIpc) is 3.48. The van der Waals surface area contributed by atoms with Gasteiger partial charge in [-0.3, -0.25) is 23.7 Å². The number of amides is 3. The third-order valence-corrected chi connectivity index (χ3v) is 11.1. The second-order valence-electron chi connectivity index (χ2n) is 12.4. The molecule has 1 saturated heterocycles. The number of nitrogens with one attached hydrogen (secondary N) is 1. The van der Waals surface area contributed by atoms with Gasteiger partial charge in [-0.05, 0) is 72.0 Å². The molecule has 12 heteroatoms. The number of ether oxygens (including phenoxy) is 1. The van der Waals surface area contributed by atoms with Crippen molar-refractivity contribution in [3.8, 4) is 0 Å². The van der Waals surface area contributed by atoms with Crippen molar-refractivity contribution in [2.75, 3.05) is 16.8 Å². The fourth-order valence-corrected chi connectivity index (χ4v) is 8.80. The van der Waals surface area contributed by atoms with Gasteiger partial charge in [0.2, 0.25) is 17.7 Å². The Kier molecular flexibility index (Phi) is 8.90. The Labute approximate surface area is 284 Å². The fraction of sp³-hybridized carbons (Fsp3) is 0.286. The van der Waals surface area contributed by atoms with Crippen molar-refractivity contribution >= 4 is 69.8 Å². The Bertz CT molecular complexity index is 1930. The number of halogens is 1. The highest BCUT2D eigenvalue weighted by Gasteiger charge is 2.56. The molecule has 2 unspecified atom stereocenters. The predicted octanol–water partition coefficient (Wildman–Crippen LogP) is 6.47. The Morgan fingerprint density at radius 2 is 1.57 bits per heavy atom. The normalized spacial score (nSPS) is 18.9. The molecule has 9 nitrogen and oxygen atoms in total. The summed E-state index contributed by atoms with van der Waals surface area (Å²) in [5.41, 5.74) is 2.97. The summed E-state index contributed by atoms with van der Waals surface area (Å²) in [5, 5.41) is 2.97. The second-order valence-corrected chi connectivity index (χ2v) is 14.9. The Morgan fingerprint density at radius 1 is 0.915 bits per heavy atom. The van der Waals surface area contributed by atoms with Crippen LogP contribution in [0.15, 0.2) is 82.6 Å². The summed E-state index contributed by atoms with van der Waals surface area (Å²) in [6.45, 7) is 8.00. The quantitative estimate of drug-likeness (QED) is 0.175. The van der Waals surface area contributed by atoms with Crippen LogP contribution >= 0.6 is 34.7 Å². The monoisotopic (exact) mass is 689 g/mol. The molecule has 1 fully saturated rings. The molecule has 0 aliphatic carbocycles. The van der Waals surface area contributed by atoms with Crippen molar-refractivity contribution in [1.29, 1.82) is 0 Å². The molecule has 4 aromatic rings. The Balaban J connectivity index is 1.39. The van der Waals surface area contributed by atoms with E-state index in [1.165, 1.54) is 21.6 Å². The zero-order chi connectivity index (χ0) is 33.6. The number of carbonyl (C=O) groups is 4. The largest absolute Gasteiger partial charge is 0.462 e. The summed E-state index contributed by atoms with van der Waals surface area (Å²) in [6.07, 6.45) is 0. The first-order valence-corrected chi connectivity index (χ1v) is 17.2. The molecule has 47 heavy (non-hydrogen) atoms. The van der Waals surface area contributed by atoms with E-state index in [2.05, 4.69) is 26.1 Å². The SMILES string of the molecule is CCOC(=O)c1ccc(N2C(=O)C3Sc4c(sc(=O)n4CC(=O)Nc4ccc(Cl)cc4)[C@H](c4ccc(C(C)(C)C)cc4)C3C2=O)cc1. The summed E-state index contributed by atoms with van der Waals surface area (Å²) in [4.78, 5) is 68.5. The maximum Gasteiger partial charge on any atom is 0.338 e. The van der Waals surface area contributed by atoms with E-state index in [1.807, 2.05) is 24.3 Å². The number of thioether (sulfide) groups is 1. The number of fused-ring (bicyclic) bond motifs is 2. The summed E-state index contributed by atoms with van der Waals surface area (Å²) >= 11 is 8.11. The summed E-state index contributed by atoms with van der Waals surface area (Å²) in [6, 6.07) is 20.7. The highest BCUT2D eigenvalue weighted by molar-refractivity contribution is 8.00. The van der Waals surface area contributed by atoms with E-state index < -0.39 is 34.9 Å². The molecule has 3 aromatic carbocycles. The Morgan fingerprint density at radius 3 is 2.19 bits per heavy atom. The van der Waals surface area contributed by atoms with Crippen LogP contribution in [0.3, 0.4) is 0 Å². The maximum atomic E-state index is 14.2. The van der Waals surface area contributed by atoms with Crippen molar-refractivity contribution in [2.45, 2.75) is 55.8 Å². The van der Waals surface area contributed by atoms with Crippen LogP contribution in [0.2, 0.25) is 5.02 Å². The first kappa shape index (κ1) is 32.7. The number of hydrogen-bond donors (Lipinski definition) is 1. The molecule has 242 valence electrons. The molecule has 2 aliphatic rings. The molecule has 3 atom stereocenters. The van der Waals surface area contributed by atoms with Gasteiger partial charge in [-0.2, -0.15) is 0 Å². The van der Waals surface area contributed by atoms with Crippen LogP contribution in [0.25, 0.3) is 0 Å². The number of hydrogen-bond acceptors (Lipinski definition) is 8. The summed E-state index contributed by atoms with van der Waals surface area (Å²) in [5.74, 6) is -3.11. The van der Waals surface area contributed by atoms with Gasteiger partial charge in [-0.15, -0.1) is 0 Å². The minimum atomic E-state index is -0.841. The van der Waals surface area contributed by atoms with Crippen molar-refractivity contribution < 1.29 is 23.9 Å². The van der Waals surface area contributed by atoms with Crippen molar-refractivity contribution in [3.05, 3.63) is 109 Å². The van der Waals surface area contributed by atoms with Gasteiger partial charge in [0.05, 0.1) is 28.8 Å². The van der Waals surface area contributed by atoms with Crippen molar-refractivity contribution in [2.24, 2.45) is 5.92 Å². The van der Waals surface area contributed by atoms with Crippen LogP contribution in [0.1, 0.15) is 60.0 Å². The van der Waals surface area contributed by atoms with Crippen molar-refractivity contribution in [1.82, 2.24) is 4.57 Å². The van der Waals surface area contributed by atoms with Crippen LogP contribution < -0.4 is 15.1 Å². The molecule has 0 spiro atoms. The lowest BCUT2D eigenvalue weighted by molar-refractivity contribution is -0.122. The number of thiazole rings is 1. The number of nitrogens with zero attached hydrogens (tertiary/aromatic N) is 2. The molecule has 3 amide bonds. The van der Waals surface area contributed by atoms with E-state index in [4.69, 9.17) is 16.3 Å². The van der Waals surface area contributed by atoms with Gasteiger partial charge < -0.3 is 10.1 Å². The van der Waals surface area contributed by atoms with E-state index in [9.17, 15) is 24.0 Å². The van der Waals surface area contributed by atoms with Crippen LogP contribution in [-0.4, -0.2) is 40.1 Å². The predicted molar refractivity (Wildman–Crippen MR) is 184 cm³/mol. The summed E-state index contributed by atoms with van der Waals surface area (Å²) in [7, 11) is 0. The zero-order valence-electron chi connectivity index (χ0n) is 26.1. The van der Waals surface area contributed by atoms with Gasteiger partial charge in [0.25, 0.3) is 0 Å². The zero-order valence-corrected chi connectivity index (χ0v) is 28.5. The minimum Gasteiger partial charge on any atom is -0.462 e. The third-order valence-electron chi connectivity index (χ3n) is 8.25. The number of esters is 1. The number of benzene rings is 3. The second kappa shape index (κ2) is 12.8. The van der Waals surface area contributed by atoms with E-state index in [0.717, 1.165) is 34.2 Å². The molecule has 0 saturated carbocycles. The Hall–Kier alpha value is -4.19. The number of anilines is 2. The molecular formula is C35H32ClN3O6S2. The molecule has 0 radical (unpaired) electrons. The van der Waals surface area contributed by atoms with E-state index in [0.29, 0.717) is 31.9 Å². The van der Waals surface area contributed by atoms with Gasteiger partial charge in [0.1, 0.15) is 11.8 Å². The van der Waals surface area contributed by atoms with Gasteiger partial charge in [-0.1, -0.05) is 79.7 Å². The van der Waals surface area contributed by atoms with Crippen LogP contribution in [-0.2, 0) is 31.1 Å².